The van der Waals surface area contributed by atoms with Gasteiger partial charge < -0.3 is 19.5 Å². The molecule has 1 amide bonds. The quantitative estimate of drug-likeness (QED) is 0.589. The maximum atomic E-state index is 12.5. The van der Waals surface area contributed by atoms with Crippen molar-refractivity contribution in [1.82, 2.24) is 5.32 Å². The summed E-state index contributed by atoms with van der Waals surface area (Å²) in [5, 5.41) is 2.70. The molecule has 0 saturated heterocycles. The zero-order valence-corrected chi connectivity index (χ0v) is 17.7. The number of amides is 1. The molecule has 0 fully saturated rings. The first kappa shape index (κ1) is 22.4. The summed E-state index contributed by atoms with van der Waals surface area (Å²) in [5.74, 6) is 1.44. The number of sulfonamides is 1. The molecule has 0 unspecified atom stereocenters. The molecule has 158 valence electrons. The van der Waals surface area contributed by atoms with Gasteiger partial charge in [-0.15, -0.1) is 0 Å². The molecule has 29 heavy (non-hydrogen) atoms. The maximum Gasteiger partial charge on any atom is 0.243 e. The number of nitrogens with zero attached hydrogens (tertiary/aromatic N) is 1. The van der Waals surface area contributed by atoms with Gasteiger partial charge in [0.05, 0.1) is 32.7 Å². The van der Waals surface area contributed by atoms with Gasteiger partial charge in [0.25, 0.3) is 0 Å². The lowest BCUT2D eigenvalue weighted by atomic mass is 10.2. The highest BCUT2D eigenvalue weighted by molar-refractivity contribution is 7.92. The molecule has 0 aliphatic heterocycles. The van der Waals surface area contributed by atoms with Crippen molar-refractivity contribution in [2.75, 3.05) is 37.9 Å². The molecule has 2 rings (SSSR count). The van der Waals surface area contributed by atoms with Crippen molar-refractivity contribution in [1.29, 1.82) is 0 Å². The van der Waals surface area contributed by atoms with Crippen LogP contribution in [0.25, 0.3) is 0 Å². The molecule has 0 aromatic heterocycles. The number of hydrogen-bond donors (Lipinski definition) is 1. The molecule has 0 heterocycles. The van der Waals surface area contributed by atoms with Gasteiger partial charge >= 0.3 is 0 Å². The molecule has 8 nitrogen and oxygen atoms in total. The fourth-order valence-corrected chi connectivity index (χ4v) is 3.89. The average Bonchev–Trinajstić information content (AvgIpc) is 2.70. The van der Waals surface area contributed by atoms with E-state index in [1.807, 2.05) is 0 Å². The fourth-order valence-electron chi connectivity index (χ4n) is 2.72. The number of carbonyl (C=O) groups excluding carboxylic acids is 1. The summed E-state index contributed by atoms with van der Waals surface area (Å²) in [4.78, 5) is 12.5. The van der Waals surface area contributed by atoms with Crippen molar-refractivity contribution in [3.05, 3.63) is 48.5 Å². The van der Waals surface area contributed by atoms with Gasteiger partial charge in [-0.1, -0.05) is 6.07 Å². The molecule has 1 N–H and O–H groups in total. The van der Waals surface area contributed by atoms with E-state index in [0.717, 1.165) is 10.6 Å². The molecule has 1 atom stereocenters. The second-order valence-corrected chi connectivity index (χ2v) is 8.11. The second kappa shape index (κ2) is 10.0. The third-order valence-corrected chi connectivity index (χ3v) is 5.37. The van der Waals surface area contributed by atoms with Crippen molar-refractivity contribution >= 4 is 21.6 Å². The van der Waals surface area contributed by atoms with E-state index < -0.39 is 22.0 Å². The van der Waals surface area contributed by atoms with Gasteiger partial charge in [-0.2, -0.15) is 0 Å². The predicted octanol–water partition coefficient (Wildman–Crippen LogP) is 2.05. The minimum atomic E-state index is -3.68. The third-order valence-electron chi connectivity index (χ3n) is 4.13. The Balaban J connectivity index is 1.97. The summed E-state index contributed by atoms with van der Waals surface area (Å²) in [5.41, 5.74) is 0.378. The number of methoxy groups -OCH3 is 2. The molecule has 2 aromatic carbocycles. The van der Waals surface area contributed by atoms with Crippen LogP contribution in [0.1, 0.15) is 6.92 Å². The summed E-state index contributed by atoms with van der Waals surface area (Å²) >= 11 is 0. The molecule has 0 spiro atoms. The molecule has 0 aliphatic carbocycles. The first-order valence-electron chi connectivity index (χ1n) is 8.94. The van der Waals surface area contributed by atoms with Crippen molar-refractivity contribution in [2.24, 2.45) is 0 Å². The first-order chi connectivity index (χ1) is 13.8. The Labute approximate surface area is 171 Å². The lowest BCUT2D eigenvalue weighted by Gasteiger charge is -2.28. The Morgan fingerprint density at radius 1 is 1.03 bits per heavy atom. The highest BCUT2D eigenvalue weighted by Gasteiger charge is 2.28. The van der Waals surface area contributed by atoms with Crippen LogP contribution in [0, 0.1) is 0 Å². The number of hydrogen-bond acceptors (Lipinski definition) is 6. The second-order valence-electron chi connectivity index (χ2n) is 6.25. The molecule has 0 radical (unpaired) electrons. The molecular weight excluding hydrogens is 396 g/mol. The number of rotatable bonds is 10. The van der Waals surface area contributed by atoms with Gasteiger partial charge in [-0.05, 0) is 43.3 Å². The fraction of sp³-hybridized carbons (Fsp3) is 0.350. The normalized spacial score (nSPS) is 12.0. The standard InChI is InChI=1S/C20H26N2O6S/c1-15(22(29(4,24)25)16-8-10-17(26-2)11-9-16)20(23)21-12-13-28-19-7-5-6-18(14-19)27-3/h5-11,14-15H,12-13H2,1-4H3,(H,21,23)/t15-/m0/s1. The van der Waals surface area contributed by atoms with E-state index in [-0.39, 0.29) is 13.2 Å². The molecule has 0 aliphatic rings. The van der Waals surface area contributed by atoms with Gasteiger partial charge in [-0.25, -0.2) is 8.42 Å². The summed E-state index contributed by atoms with van der Waals surface area (Å²) in [7, 11) is -0.589. The minimum Gasteiger partial charge on any atom is -0.497 e. The van der Waals surface area contributed by atoms with Crippen LogP contribution in [0.4, 0.5) is 5.69 Å². The first-order valence-corrected chi connectivity index (χ1v) is 10.8. The monoisotopic (exact) mass is 422 g/mol. The predicted molar refractivity (Wildman–Crippen MR) is 111 cm³/mol. The van der Waals surface area contributed by atoms with Crippen LogP contribution in [-0.4, -0.2) is 54.0 Å². The van der Waals surface area contributed by atoms with Crippen molar-refractivity contribution in [2.45, 2.75) is 13.0 Å². The van der Waals surface area contributed by atoms with Crippen LogP contribution < -0.4 is 23.8 Å². The number of anilines is 1. The van der Waals surface area contributed by atoms with Gasteiger partial charge in [0.2, 0.25) is 15.9 Å². The SMILES string of the molecule is COc1ccc(N([C@@H](C)C(=O)NCCOc2cccc(OC)c2)S(C)(=O)=O)cc1. The molecule has 9 heteroatoms. The zero-order valence-electron chi connectivity index (χ0n) is 16.9. The highest BCUT2D eigenvalue weighted by Crippen LogP contribution is 2.24. The van der Waals surface area contributed by atoms with Crippen molar-refractivity contribution in [3.63, 3.8) is 0 Å². The number of ether oxygens (including phenoxy) is 3. The van der Waals surface area contributed by atoms with E-state index in [0.29, 0.717) is 22.9 Å². The zero-order chi connectivity index (χ0) is 21.4. The van der Waals surface area contributed by atoms with Crippen LogP contribution in [0.2, 0.25) is 0 Å². The average molecular weight is 423 g/mol. The van der Waals surface area contributed by atoms with Crippen LogP contribution in [0.3, 0.4) is 0 Å². The Morgan fingerprint density at radius 2 is 1.66 bits per heavy atom. The summed E-state index contributed by atoms with van der Waals surface area (Å²) < 4.78 is 41.4. The van der Waals surface area contributed by atoms with Crippen LogP contribution in [0.5, 0.6) is 17.2 Å². The Kier molecular flexibility index (Phi) is 7.72. The smallest absolute Gasteiger partial charge is 0.243 e. The van der Waals surface area contributed by atoms with E-state index in [2.05, 4.69) is 5.32 Å². The molecule has 2 aromatic rings. The summed E-state index contributed by atoms with van der Waals surface area (Å²) in [6.07, 6.45) is 1.06. The Hall–Kier alpha value is -2.94. The largest absolute Gasteiger partial charge is 0.497 e. The van der Waals surface area contributed by atoms with Crippen LogP contribution >= 0.6 is 0 Å². The maximum absolute atomic E-state index is 12.5. The van der Waals surface area contributed by atoms with Crippen LogP contribution in [0.15, 0.2) is 48.5 Å². The van der Waals surface area contributed by atoms with Crippen molar-refractivity contribution in [3.8, 4) is 17.2 Å². The third kappa shape index (κ3) is 6.28. The number of carbonyl (C=O) groups is 1. The molecular formula is C20H26N2O6S. The summed E-state index contributed by atoms with van der Waals surface area (Å²) in [6, 6.07) is 12.6. The minimum absolute atomic E-state index is 0.223. The van der Waals surface area contributed by atoms with E-state index in [9.17, 15) is 13.2 Å². The lowest BCUT2D eigenvalue weighted by molar-refractivity contribution is -0.121. The number of nitrogens with one attached hydrogen (secondary N) is 1. The van der Waals surface area contributed by atoms with E-state index in [4.69, 9.17) is 14.2 Å². The van der Waals surface area contributed by atoms with Gasteiger partial charge in [0, 0.05) is 6.07 Å². The van der Waals surface area contributed by atoms with Gasteiger partial charge in [0.15, 0.2) is 0 Å². The highest BCUT2D eigenvalue weighted by atomic mass is 32.2. The molecule has 0 saturated carbocycles. The van der Waals surface area contributed by atoms with Crippen molar-refractivity contribution < 1.29 is 27.4 Å². The topological polar surface area (TPSA) is 94.2 Å². The lowest BCUT2D eigenvalue weighted by Crippen LogP contribution is -2.48. The van der Waals surface area contributed by atoms with E-state index >= 15 is 0 Å². The van der Waals surface area contributed by atoms with Gasteiger partial charge in [-0.3, -0.25) is 9.10 Å². The van der Waals surface area contributed by atoms with E-state index in [1.54, 1.807) is 55.6 Å². The molecule has 0 bridgehead atoms. The summed E-state index contributed by atoms with van der Waals surface area (Å²) in [6.45, 7) is 1.98. The van der Waals surface area contributed by atoms with E-state index in [1.165, 1.54) is 14.0 Å². The van der Waals surface area contributed by atoms with Crippen LogP contribution in [-0.2, 0) is 14.8 Å². The Morgan fingerprint density at radius 3 is 2.24 bits per heavy atom. The van der Waals surface area contributed by atoms with Gasteiger partial charge in [0.1, 0.15) is 29.9 Å². The Bertz CT molecular complexity index is 915. The number of benzene rings is 2.